The van der Waals surface area contributed by atoms with Crippen molar-refractivity contribution in [2.45, 2.75) is 32.6 Å². The molecule has 0 bridgehead atoms. The van der Waals surface area contributed by atoms with Crippen molar-refractivity contribution in [1.29, 1.82) is 0 Å². The molecule has 0 fully saturated rings. The maximum atomic E-state index is 12.8. The molecule has 1 atom stereocenters. The Hall–Kier alpha value is -3.29. The van der Waals surface area contributed by atoms with E-state index < -0.39 is 17.2 Å². The quantitative estimate of drug-likeness (QED) is 0.696. The molecule has 0 spiro atoms. The van der Waals surface area contributed by atoms with Crippen molar-refractivity contribution >= 4 is 11.6 Å². The number of aromatic amines is 2. The lowest BCUT2D eigenvalue weighted by atomic mass is 9.68. The third-order valence-corrected chi connectivity index (χ3v) is 5.50. The topological polar surface area (TPSA) is 113 Å². The van der Waals surface area contributed by atoms with Crippen molar-refractivity contribution in [2.24, 2.45) is 5.41 Å². The van der Waals surface area contributed by atoms with Crippen LogP contribution in [0.2, 0.25) is 0 Å². The highest BCUT2D eigenvalue weighted by molar-refractivity contribution is 6.01. The van der Waals surface area contributed by atoms with Crippen molar-refractivity contribution in [3.63, 3.8) is 0 Å². The molecule has 0 radical (unpaired) electrons. The van der Waals surface area contributed by atoms with Gasteiger partial charge in [-0.3, -0.25) is 19.6 Å². The van der Waals surface area contributed by atoms with E-state index in [2.05, 4.69) is 15.3 Å². The predicted octanol–water partition coefficient (Wildman–Crippen LogP) is 1.99. The van der Waals surface area contributed by atoms with Crippen LogP contribution in [-0.2, 0) is 4.79 Å². The van der Waals surface area contributed by atoms with Crippen molar-refractivity contribution in [2.75, 3.05) is 12.1 Å². The van der Waals surface area contributed by atoms with Crippen molar-refractivity contribution in [3.8, 4) is 11.5 Å². The fourth-order valence-corrected chi connectivity index (χ4v) is 4.39. The van der Waals surface area contributed by atoms with Crippen LogP contribution >= 0.6 is 0 Å². The number of Topliss-reactive ketones (excluding diaryl/α,β-unsaturated/α-hetero) is 1. The molecule has 1 aliphatic carbocycles. The Bertz CT molecular complexity index is 1170. The van der Waals surface area contributed by atoms with Gasteiger partial charge >= 0.3 is 5.69 Å². The van der Waals surface area contributed by atoms with Crippen molar-refractivity contribution in [1.82, 2.24) is 9.97 Å². The van der Waals surface area contributed by atoms with Gasteiger partial charge < -0.3 is 14.8 Å². The summed E-state index contributed by atoms with van der Waals surface area (Å²) in [5.74, 6) is 1.02. The minimum absolute atomic E-state index is 0.0243. The number of hydrogen-bond acceptors (Lipinski definition) is 6. The summed E-state index contributed by atoms with van der Waals surface area (Å²) in [6.45, 7) is 4.23. The minimum atomic E-state index is -0.617. The molecule has 1 aromatic heterocycles. The summed E-state index contributed by atoms with van der Waals surface area (Å²) in [4.78, 5) is 42.3. The number of carbonyl (C=O) groups excluding carboxylic acids is 1. The fourth-order valence-electron chi connectivity index (χ4n) is 4.39. The summed E-state index contributed by atoms with van der Waals surface area (Å²) in [5.41, 5.74) is 1.20. The van der Waals surface area contributed by atoms with E-state index in [0.29, 0.717) is 35.6 Å². The Morgan fingerprint density at radius 3 is 2.64 bits per heavy atom. The number of carbonyl (C=O) groups is 1. The van der Waals surface area contributed by atoms with Crippen LogP contribution in [0.5, 0.6) is 11.5 Å². The highest BCUT2D eigenvalue weighted by atomic mass is 16.7. The molecule has 8 heteroatoms. The lowest BCUT2D eigenvalue weighted by Crippen LogP contribution is -2.38. The molecule has 0 amide bonds. The van der Waals surface area contributed by atoms with E-state index in [1.165, 1.54) is 0 Å². The van der Waals surface area contributed by atoms with E-state index in [-0.39, 0.29) is 23.8 Å². The van der Waals surface area contributed by atoms with E-state index in [0.717, 1.165) is 11.1 Å². The Balaban J connectivity index is 1.77. The molecule has 0 saturated carbocycles. The molecule has 1 aromatic carbocycles. The number of rotatable bonds is 1. The summed E-state index contributed by atoms with van der Waals surface area (Å²) in [6, 6.07) is 5.51. The van der Waals surface area contributed by atoms with Crippen LogP contribution in [0.1, 0.15) is 43.7 Å². The lowest BCUT2D eigenvalue weighted by Gasteiger charge is -2.39. The summed E-state index contributed by atoms with van der Waals surface area (Å²) in [7, 11) is 0. The number of ketones is 1. The van der Waals surface area contributed by atoms with Gasteiger partial charge in [-0.05, 0) is 35.1 Å². The number of ether oxygens (including phenoxy) is 2. The first-order chi connectivity index (χ1) is 13.3. The minimum Gasteiger partial charge on any atom is -0.454 e. The van der Waals surface area contributed by atoms with E-state index in [1.807, 2.05) is 26.0 Å². The van der Waals surface area contributed by atoms with Gasteiger partial charge in [0, 0.05) is 12.3 Å². The van der Waals surface area contributed by atoms with Crippen LogP contribution in [0.3, 0.4) is 0 Å². The van der Waals surface area contributed by atoms with Crippen LogP contribution in [-0.4, -0.2) is 22.5 Å². The van der Waals surface area contributed by atoms with Crippen molar-refractivity contribution < 1.29 is 14.3 Å². The van der Waals surface area contributed by atoms with Crippen molar-refractivity contribution in [3.05, 3.63) is 61.4 Å². The monoisotopic (exact) mass is 381 g/mol. The molecule has 2 aliphatic heterocycles. The van der Waals surface area contributed by atoms with Gasteiger partial charge in [0.15, 0.2) is 17.3 Å². The molecule has 144 valence electrons. The Morgan fingerprint density at radius 2 is 1.82 bits per heavy atom. The van der Waals surface area contributed by atoms with Crippen LogP contribution in [0, 0.1) is 5.41 Å². The number of anilines is 1. The van der Waals surface area contributed by atoms with E-state index >= 15 is 0 Å². The second-order valence-electron chi connectivity index (χ2n) is 8.21. The average Bonchev–Trinajstić information content (AvgIpc) is 3.07. The molecule has 3 heterocycles. The number of nitrogens with one attached hydrogen (secondary N) is 3. The van der Waals surface area contributed by atoms with Gasteiger partial charge in [0.1, 0.15) is 5.82 Å². The van der Waals surface area contributed by atoms with Gasteiger partial charge in [-0.2, -0.15) is 0 Å². The Labute approximate surface area is 159 Å². The third-order valence-electron chi connectivity index (χ3n) is 5.50. The first-order valence-electron chi connectivity index (χ1n) is 9.12. The number of allylic oxidation sites excluding steroid dienone is 2. The van der Waals surface area contributed by atoms with E-state index in [9.17, 15) is 14.4 Å². The summed E-state index contributed by atoms with van der Waals surface area (Å²) < 4.78 is 10.9. The van der Waals surface area contributed by atoms with Gasteiger partial charge in [0.25, 0.3) is 5.56 Å². The van der Waals surface area contributed by atoms with Crippen LogP contribution in [0.25, 0.3) is 0 Å². The molecular weight excluding hydrogens is 362 g/mol. The zero-order valence-corrected chi connectivity index (χ0v) is 15.5. The lowest BCUT2D eigenvalue weighted by molar-refractivity contribution is -0.118. The normalized spacial score (nSPS) is 21.8. The molecule has 2 aromatic rings. The molecule has 28 heavy (non-hydrogen) atoms. The summed E-state index contributed by atoms with van der Waals surface area (Å²) in [6.07, 6.45) is 1.05. The van der Waals surface area contributed by atoms with Gasteiger partial charge in [-0.15, -0.1) is 0 Å². The van der Waals surface area contributed by atoms with Crippen LogP contribution < -0.4 is 26.0 Å². The van der Waals surface area contributed by atoms with Gasteiger partial charge in [-0.25, -0.2) is 4.79 Å². The van der Waals surface area contributed by atoms with Gasteiger partial charge in [0.05, 0.1) is 11.3 Å². The van der Waals surface area contributed by atoms with Gasteiger partial charge in [0.2, 0.25) is 6.79 Å². The molecule has 8 nitrogen and oxygen atoms in total. The SMILES string of the molecule is CC1(C)CC(=O)C2=C(C1)C(c1ccc3c(c1)OCO3)c1c([nH]c(=O)[nH]c1=O)N2. The second-order valence-corrected chi connectivity index (χ2v) is 8.21. The van der Waals surface area contributed by atoms with E-state index in [1.54, 1.807) is 6.07 Å². The number of H-pyrrole nitrogens is 2. The number of fused-ring (bicyclic) bond motifs is 2. The zero-order valence-electron chi connectivity index (χ0n) is 15.5. The maximum Gasteiger partial charge on any atom is 0.327 e. The summed E-state index contributed by atoms with van der Waals surface area (Å²) in [5, 5.41) is 3.02. The Morgan fingerprint density at radius 1 is 1.04 bits per heavy atom. The first kappa shape index (κ1) is 16.9. The molecule has 3 aliphatic rings. The number of benzene rings is 1. The standard InChI is InChI=1S/C20H19N3O5/c1-20(2)6-10-14(9-3-4-12-13(5-9)28-8-27-12)15-17(21-16(10)11(24)7-20)22-19(26)23-18(15)25/h3-5,14H,6-8H2,1-2H3,(H3,21,22,23,25,26). The molecule has 1 unspecified atom stereocenters. The molecule has 5 rings (SSSR count). The number of aromatic nitrogens is 2. The summed E-state index contributed by atoms with van der Waals surface area (Å²) >= 11 is 0. The zero-order chi connectivity index (χ0) is 19.6. The Kier molecular flexibility index (Phi) is 3.37. The van der Waals surface area contributed by atoms with Crippen LogP contribution in [0.4, 0.5) is 5.82 Å². The second kappa shape index (κ2) is 5.60. The maximum absolute atomic E-state index is 12.8. The van der Waals surface area contributed by atoms with Gasteiger partial charge in [-0.1, -0.05) is 19.9 Å². The largest absolute Gasteiger partial charge is 0.454 e. The highest BCUT2D eigenvalue weighted by Crippen LogP contribution is 2.49. The third kappa shape index (κ3) is 2.48. The smallest absolute Gasteiger partial charge is 0.327 e. The van der Waals surface area contributed by atoms with E-state index in [4.69, 9.17) is 9.47 Å². The fraction of sp³-hybridized carbons (Fsp3) is 0.350. The molecule has 0 saturated heterocycles. The molecule has 3 N–H and O–H groups in total. The first-order valence-corrected chi connectivity index (χ1v) is 9.12. The average molecular weight is 381 g/mol. The molecular formula is C20H19N3O5. The predicted molar refractivity (Wildman–Crippen MR) is 101 cm³/mol. The highest BCUT2D eigenvalue weighted by Gasteiger charge is 2.42. The number of hydrogen-bond donors (Lipinski definition) is 3. The van der Waals surface area contributed by atoms with Crippen LogP contribution in [0.15, 0.2) is 39.1 Å².